The summed E-state index contributed by atoms with van der Waals surface area (Å²) < 4.78 is 5.13. The predicted molar refractivity (Wildman–Crippen MR) is 106 cm³/mol. The van der Waals surface area contributed by atoms with Crippen LogP contribution in [-0.2, 0) is 23.9 Å². The molecule has 0 spiro atoms. The minimum atomic E-state index is -0.629. The number of nitrogens with zero attached hydrogens (tertiary/aromatic N) is 1. The molecule has 0 saturated carbocycles. The lowest BCUT2D eigenvalue weighted by atomic mass is 10.0. The summed E-state index contributed by atoms with van der Waals surface area (Å²) in [6.07, 6.45) is -0.117. The van der Waals surface area contributed by atoms with Gasteiger partial charge >= 0.3 is 5.97 Å². The third kappa shape index (κ3) is 5.19. The van der Waals surface area contributed by atoms with Crippen LogP contribution < -0.4 is 15.5 Å². The largest absolute Gasteiger partial charge is 0.455 e. The molecule has 0 unspecified atom stereocenters. The quantitative estimate of drug-likeness (QED) is 0.726. The molecule has 150 valence electrons. The Hall–Kier alpha value is -3.68. The van der Waals surface area contributed by atoms with E-state index in [2.05, 4.69) is 10.6 Å². The first kappa shape index (κ1) is 20.1. The fourth-order valence-corrected chi connectivity index (χ4v) is 3.08. The molecule has 2 N–H and O–H groups in total. The summed E-state index contributed by atoms with van der Waals surface area (Å²) in [6, 6.07) is 15.4. The van der Waals surface area contributed by atoms with Crippen molar-refractivity contribution in [2.24, 2.45) is 0 Å². The highest BCUT2D eigenvalue weighted by molar-refractivity contribution is 6.10. The van der Waals surface area contributed by atoms with E-state index in [1.165, 1.54) is 11.8 Å². The normalized spacial score (nSPS) is 13.7. The van der Waals surface area contributed by atoms with E-state index in [4.69, 9.17) is 4.74 Å². The average molecular weight is 395 g/mol. The van der Waals surface area contributed by atoms with Gasteiger partial charge in [-0.2, -0.15) is 0 Å². The monoisotopic (exact) mass is 395 g/mol. The van der Waals surface area contributed by atoms with Gasteiger partial charge in [0, 0.05) is 6.92 Å². The van der Waals surface area contributed by atoms with Crippen molar-refractivity contribution in [2.75, 3.05) is 23.4 Å². The van der Waals surface area contributed by atoms with Crippen molar-refractivity contribution in [3.8, 4) is 0 Å². The summed E-state index contributed by atoms with van der Waals surface area (Å²) in [4.78, 5) is 49.4. The molecule has 8 heteroatoms. The van der Waals surface area contributed by atoms with Gasteiger partial charge in [0.15, 0.2) is 6.61 Å². The molecule has 8 nitrogen and oxygen atoms in total. The first-order chi connectivity index (χ1) is 13.9. The molecule has 0 aliphatic carbocycles. The van der Waals surface area contributed by atoms with E-state index in [-0.39, 0.29) is 24.8 Å². The molecule has 1 atom stereocenters. The van der Waals surface area contributed by atoms with Crippen LogP contribution in [0.5, 0.6) is 0 Å². The molecule has 0 bridgehead atoms. The molecule has 0 fully saturated rings. The fraction of sp³-hybridized carbons (Fsp3) is 0.238. The van der Waals surface area contributed by atoms with Gasteiger partial charge in [-0.25, -0.2) is 0 Å². The van der Waals surface area contributed by atoms with Gasteiger partial charge in [0.05, 0.1) is 23.8 Å². The zero-order valence-electron chi connectivity index (χ0n) is 15.9. The van der Waals surface area contributed by atoms with Gasteiger partial charge in [0.1, 0.15) is 6.54 Å². The van der Waals surface area contributed by atoms with E-state index in [1.807, 2.05) is 6.07 Å². The van der Waals surface area contributed by atoms with Gasteiger partial charge in [0.25, 0.3) is 5.91 Å². The van der Waals surface area contributed by atoms with E-state index < -0.39 is 24.5 Å². The van der Waals surface area contributed by atoms with Crippen molar-refractivity contribution < 1.29 is 23.9 Å². The van der Waals surface area contributed by atoms with Crippen molar-refractivity contribution in [2.45, 2.75) is 19.4 Å². The van der Waals surface area contributed by atoms with Gasteiger partial charge in [0.2, 0.25) is 11.8 Å². The zero-order valence-corrected chi connectivity index (χ0v) is 15.9. The summed E-state index contributed by atoms with van der Waals surface area (Å²) in [7, 11) is 0. The Balaban J connectivity index is 1.62. The Morgan fingerprint density at radius 1 is 1.10 bits per heavy atom. The van der Waals surface area contributed by atoms with Crippen molar-refractivity contribution in [3.63, 3.8) is 0 Å². The fourth-order valence-electron chi connectivity index (χ4n) is 3.08. The number of carbonyl (C=O) groups excluding carboxylic acids is 4. The topological polar surface area (TPSA) is 105 Å². The number of nitrogens with one attached hydrogen (secondary N) is 2. The average Bonchev–Trinajstić information content (AvgIpc) is 2.71. The Labute approximate surface area is 167 Å². The predicted octanol–water partition coefficient (Wildman–Crippen LogP) is 1.78. The molecule has 2 aromatic carbocycles. The molecule has 1 heterocycles. The van der Waals surface area contributed by atoms with Crippen LogP contribution in [0.25, 0.3) is 0 Å². The number of rotatable bonds is 6. The summed E-state index contributed by atoms with van der Waals surface area (Å²) in [5.74, 6) is -1.73. The van der Waals surface area contributed by atoms with Crippen LogP contribution in [0.1, 0.15) is 24.9 Å². The number of para-hydroxylation sites is 2. The summed E-state index contributed by atoms with van der Waals surface area (Å²) in [6.45, 7) is 0.720. The SMILES string of the molecule is CC(=O)N[C@H](CC(=O)OCC(=O)N1CC(=O)Nc2ccccc21)c1ccccc1. The Kier molecular flexibility index (Phi) is 6.23. The number of amides is 3. The molecular formula is C21H21N3O5. The summed E-state index contributed by atoms with van der Waals surface area (Å²) >= 11 is 0. The Morgan fingerprint density at radius 2 is 1.79 bits per heavy atom. The standard InChI is InChI=1S/C21H21N3O5/c1-14(25)22-17(15-7-3-2-4-8-15)11-21(28)29-13-20(27)24-12-19(26)23-16-9-5-6-10-18(16)24/h2-10,17H,11-13H2,1H3,(H,22,25)(H,23,26)/t17-/m1/s1. The first-order valence-corrected chi connectivity index (χ1v) is 9.11. The molecular weight excluding hydrogens is 374 g/mol. The lowest BCUT2D eigenvalue weighted by Crippen LogP contribution is -2.44. The van der Waals surface area contributed by atoms with Gasteiger partial charge in [-0.3, -0.25) is 24.1 Å². The van der Waals surface area contributed by atoms with Crippen molar-refractivity contribution in [1.82, 2.24) is 5.32 Å². The number of carbonyl (C=O) groups is 4. The number of fused-ring (bicyclic) bond motifs is 1. The highest BCUT2D eigenvalue weighted by atomic mass is 16.5. The van der Waals surface area contributed by atoms with Crippen LogP contribution in [0.15, 0.2) is 54.6 Å². The third-order valence-corrected chi connectivity index (χ3v) is 4.38. The smallest absolute Gasteiger partial charge is 0.308 e. The zero-order chi connectivity index (χ0) is 20.8. The van der Waals surface area contributed by atoms with Crippen LogP contribution in [0.4, 0.5) is 11.4 Å². The molecule has 0 radical (unpaired) electrons. The third-order valence-electron chi connectivity index (χ3n) is 4.38. The maximum absolute atomic E-state index is 12.5. The molecule has 3 rings (SSSR count). The molecule has 29 heavy (non-hydrogen) atoms. The van der Waals surface area contributed by atoms with E-state index in [0.717, 1.165) is 5.56 Å². The molecule has 1 aliphatic rings. The number of hydrogen-bond donors (Lipinski definition) is 2. The highest BCUT2D eigenvalue weighted by Gasteiger charge is 2.27. The second-order valence-corrected chi connectivity index (χ2v) is 6.57. The number of anilines is 2. The number of benzene rings is 2. The van der Waals surface area contributed by atoms with Gasteiger partial charge in [-0.15, -0.1) is 0 Å². The Bertz CT molecular complexity index is 929. The Morgan fingerprint density at radius 3 is 2.52 bits per heavy atom. The maximum Gasteiger partial charge on any atom is 0.308 e. The van der Waals surface area contributed by atoms with Crippen LogP contribution in [0.3, 0.4) is 0 Å². The van der Waals surface area contributed by atoms with Crippen molar-refractivity contribution >= 4 is 35.1 Å². The summed E-state index contributed by atoms with van der Waals surface area (Å²) in [5.41, 5.74) is 1.83. The van der Waals surface area contributed by atoms with Crippen molar-refractivity contribution in [3.05, 3.63) is 60.2 Å². The molecule has 0 aromatic heterocycles. The molecule has 0 saturated heterocycles. The highest BCUT2D eigenvalue weighted by Crippen LogP contribution is 2.28. The van der Waals surface area contributed by atoms with Crippen molar-refractivity contribution in [1.29, 1.82) is 0 Å². The first-order valence-electron chi connectivity index (χ1n) is 9.11. The van der Waals surface area contributed by atoms with Gasteiger partial charge in [-0.1, -0.05) is 42.5 Å². The van der Waals surface area contributed by atoms with E-state index >= 15 is 0 Å². The minimum Gasteiger partial charge on any atom is -0.455 e. The van der Waals surface area contributed by atoms with Gasteiger partial charge in [-0.05, 0) is 17.7 Å². The number of esters is 1. The van der Waals surface area contributed by atoms with E-state index in [9.17, 15) is 19.2 Å². The number of hydrogen-bond acceptors (Lipinski definition) is 5. The summed E-state index contributed by atoms with van der Waals surface area (Å²) in [5, 5.41) is 5.40. The molecule has 1 aliphatic heterocycles. The number of ether oxygens (including phenoxy) is 1. The molecule has 2 aromatic rings. The van der Waals surface area contributed by atoms with E-state index in [1.54, 1.807) is 48.5 Å². The lowest BCUT2D eigenvalue weighted by Gasteiger charge is -2.29. The minimum absolute atomic E-state index is 0.117. The second kappa shape index (κ2) is 9.01. The maximum atomic E-state index is 12.5. The van der Waals surface area contributed by atoms with Crippen LogP contribution in [0, 0.1) is 0 Å². The molecule has 3 amide bonds. The second-order valence-electron chi connectivity index (χ2n) is 6.57. The van der Waals surface area contributed by atoms with Crippen LogP contribution in [0.2, 0.25) is 0 Å². The van der Waals surface area contributed by atoms with Crippen LogP contribution in [-0.4, -0.2) is 36.8 Å². The van der Waals surface area contributed by atoms with Gasteiger partial charge < -0.3 is 15.4 Å². The van der Waals surface area contributed by atoms with E-state index in [0.29, 0.717) is 11.4 Å². The lowest BCUT2D eigenvalue weighted by molar-refractivity contribution is -0.148. The van der Waals surface area contributed by atoms with Crippen LogP contribution >= 0.6 is 0 Å².